The largest absolute Gasteiger partial charge is 0.459 e. The maximum absolute atomic E-state index is 14.6. The number of fused-ring (bicyclic) bond motifs is 10. The van der Waals surface area contributed by atoms with Crippen LogP contribution >= 0.6 is 0 Å². The number of carbonyl (C=O) groups excluding carboxylic acids is 2. The molecule has 0 radical (unpaired) electrons. The molecule has 19 heteroatoms. The molecule has 0 aliphatic carbocycles. The fraction of sp³-hybridized carbons (Fsp3) is 0.902. The third kappa shape index (κ3) is 9.51. The zero-order chi connectivity index (χ0) is 54.7. The van der Waals surface area contributed by atoms with Gasteiger partial charge in [-0.05, 0) is 73.8 Å². The van der Waals surface area contributed by atoms with Crippen LogP contribution in [0.15, 0.2) is 24.3 Å². The van der Waals surface area contributed by atoms with E-state index >= 15 is 0 Å². The highest BCUT2D eigenvalue weighted by Crippen LogP contribution is 2.58. The van der Waals surface area contributed by atoms with Crippen molar-refractivity contribution in [2.75, 3.05) is 6.61 Å². The molecule has 0 aromatic rings. The van der Waals surface area contributed by atoms with Gasteiger partial charge in [-0.2, -0.15) is 0 Å². The third-order valence-electron chi connectivity index (χ3n) is 22.0. The fourth-order valence-corrected chi connectivity index (χ4v) is 18.3. The molecule has 444 valence electrons. The number of ketones is 1. The number of carbonyl (C=O) groups is 2. The number of Topliss-reactive ketones (excluding diaryl/α,β-unsaturated/α-hetero) is 1. The molecule has 2 unspecified atom stereocenters. The Kier molecular flexibility index (Phi) is 14.0. The Morgan fingerprint density at radius 2 is 1.20 bits per heavy atom. The fourth-order valence-electron chi connectivity index (χ4n) is 18.3. The van der Waals surface area contributed by atoms with Gasteiger partial charge >= 0.3 is 5.97 Å². The summed E-state index contributed by atoms with van der Waals surface area (Å²) in [6.45, 7) is 17.6. The molecular formula is C61H86O19. The minimum atomic E-state index is -0.939. The first kappa shape index (κ1) is 54.6. The first-order valence-corrected chi connectivity index (χ1v) is 31.2. The number of aliphatic hydroxyl groups is 2. The van der Waals surface area contributed by atoms with Crippen molar-refractivity contribution in [2.45, 2.75) is 314 Å². The smallest absolute Gasteiger partial charge is 0.308 e. The standard InChI is InChI=1S/C61H86O19/c1-27-15-34-7-9-38-28(2)16-36(66-38)11-13-59-25-47-55(79-59)56-57(73-47)58(80-59)54-39(70-56)10-8-35(68-54)18-49(65)74-53-32(6)52-44(69-43(53)20-40(67-34)31(27)5)21-42-46(72-52)24-61(75-42)26-48-51(78-61)30(4)23-60(77-48)22-29(3)50-45(76-60)19-37(64)41(71-50)17-33(63)12-14-62/h27,29-30,32,34-48,50-58,62,64H,2,5,7-26H2,1,3-4,6H3/t27-,29+,30+,32-,34-,35-,36-,37+,38-,39+,40-,41-,42-,43+,44+,45+,46-,47-,48-,50-,51+,52+,53-,54+,55+,56+,57-,58+,59-,60?,61?/m1/s1. The predicted octanol–water partition coefficient (Wildman–Crippen LogP) is 5.52. The predicted molar refractivity (Wildman–Crippen MR) is 277 cm³/mol. The van der Waals surface area contributed by atoms with E-state index in [4.69, 9.17) is 71.1 Å². The summed E-state index contributed by atoms with van der Waals surface area (Å²) in [6.07, 6.45) is 2.59. The summed E-state index contributed by atoms with van der Waals surface area (Å²) in [4.78, 5) is 27.0. The summed E-state index contributed by atoms with van der Waals surface area (Å²) in [5.74, 6) is -3.05. The zero-order valence-corrected chi connectivity index (χ0v) is 47.1. The lowest BCUT2D eigenvalue weighted by Crippen LogP contribution is -2.62. The second-order valence-electron chi connectivity index (χ2n) is 27.7. The minimum absolute atomic E-state index is 0.0122. The summed E-state index contributed by atoms with van der Waals surface area (Å²) in [6, 6.07) is 0. The summed E-state index contributed by atoms with van der Waals surface area (Å²) in [7, 11) is 0. The van der Waals surface area contributed by atoms with Crippen molar-refractivity contribution >= 4 is 11.8 Å². The van der Waals surface area contributed by atoms with Crippen molar-refractivity contribution in [3.05, 3.63) is 24.3 Å². The second kappa shape index (κ2) is 20.6. The van der Waals surface area contributed by atoms with E-state index < -0.39 is 66.2 Å². The van der Waals surface area contributed by atoms with Crippen LogP contribution in [0.4, 0.5) is 0 Å². The number of hydrogen-bond acceptors (Lipinski definition) is 19. The van der Waals surface area contributed by atoms with Crippen LogP contribution < -0.4 is 0 Å². The lowest BCUT2D eigenvalue weighted by molar-refractivity contribution is -0.371. The minimum Gasteiger partial charge on any atom is -0.459 e. The van der Waals surface area contributed by atoms with E-state index in [1.54, 1.807) is 0 Å². The molecule has 16 heterocycles. The van der Waals surface area contributed by atoms with E-state index in [0.717, 1.165) is 49.7 Å². The average molecular weight is 1120 g/mol. The topological polar surface area (TPSA) is 213 Å². The highest BCUT2D eigenvalue weighted by atomic mass is 16.8. The van der Waals surface area contributed by atoms with E-state index in [0.29, 0.717) is 64.2 Å². The monoisotopic (exact) mass is 1120 g/mol. The number of ether oxygens (including phenoxy) is 15. The quantitative estimate of drug-likeness (QED) is 0.262. The zero-order valence-electron chi connectivity index (χ0n) is 47.1. The molecule has 31 atom stereocenters. The summed E-state index contributed by atoms with van der Waals surface area (Å²) >= 11 is 0. The molecule has 3 spiro atoms. The van der Waals surface area contributed by atoms with Crippen LogP contribution in [0.3, 0.4) is 0 Å². The van der Waals surface area contributed by atoms with Crippen molar-refractivity contribution in [2.24, 2.45) is 23.7 Å². The molecule has 16 aliphatic rings. The Bertz CT molecular complexity index is 2410. The highest BCUT2D eigenvalue weighted by molar-refractivity contribution is 5.79. The van der Waals surface area contributed by atoms with E-state index in [2.05, 4.69) is 40.9 Å². The SMILES string of the molecule is C=C1C[C@H]2CC[C@]34C[C@H]5O[C@H]6[C@@H](O3)[C@H]3O[C@H](CC[C@@H]3O[C@H]6[C@H]5O4)CC(=O)O[C@@H]3[C@H](C)[C@@H]4O[C@@H]5CC6(C[C@H]7OC8(C[C@H](C)[C@H]9O[C@H](CC(=O)CCO)[C@@H](O)C[C@@H]9O8)C[C@H](C)[C@@H]7O6)O[C@@H]5C[C@@H]4O[C@H]3C[C@H]3O[C@H](CC[C@H]1O2)C[C@@H](C)C3=C. The van der Waals surface area contributed by atoms with E-state index in [-0.39, 0.29) is 159 Å². The first-order chi connectivity index (χ1) is 38.5. The van der Waals surface area contributed by atoms with Gasteiger partial charge in [0.15, 0.2) is 17.4 Å². The van der Waals surface area contributed by atoms with Crippen LogP contribution in [0.25, 0.3) is 0 Å². The van der Waals surface area contributed by atoms with Crippen LogP contribution in [0, 0.1) is 23.7 Å². The van der Waals surface area contributed by atoms with Crippen LogP contribution in [0.1, 0.15) is 150 Å². The summed E-state index contributed by atoms with van der Waals surface area (Å²) in [5.41, 5.74) is 2.15. The van der Waals surface area contributed by atoms with Crippen LogP contribution in [0.5, 0.6) is 0 Å². The molecule has 16 fully saturated rings. The van der Waals surface area contributed by atoms with Crippen molar-refractivity contribution in [1.29, 1.82) is 0 Å². The molecular weight excluding hydrogens is 1040 g/mol. The van der Waals surface area contributed by atoms with Gasteiger partial charge in [-0.25, -0.2) is 0 Å². The van der Waals surface area contributed by atoms with Gasteiger partial charge in [0, 0.05) is 83.2 Å². The van der Waals surface area contributed by atoms with Crippen molar-refractivity contribution in [3.8, 4) is 0 Å². The lowest BCUT2D eigenvalue weighted by Gasteiger charge is -2.54. The van der Waals surface area contributed by atoms with E-state index in [1.165, 1.54) is 0 Å². The van der Waals surface area contributed by atoms with Crippen molar-refractivity contribution in [3.63, 3.8) is 0 Å². The lowest BCUT2D eigenvalue weighted by atomic mass is 9.78. The number of hydrogen-bond donors (Lipinski definition) is 2. The number of aliphatic hydroxyl groups excluding tert-OH is 2. The van der Waals surface area contributed by atoms with Gasteiger partial charge in [-0.3, -0.25) is 9.59 Å². The van der Waals surface area contributed by atoms with Crippen LogP contribution in [-0.4, -0.2) is 192 Å². The average Bonchev–Trinajstić information content (AvgIpc) is 4.25. The van der Waals surface area contributed by atoms with Gasteiger partial charge in [0.2, 0.25) is 0 Å². The first-order valence-electron chi connectivity index (χ1n) is 31.2. The van der Waals surface area contributed by atoms with Gasteiger partial charge in [-0.1, -0.05) is 40.9 Å². The molecule has 0 aromatic carbocycles. The van der Waals surface area contributed by atoms with Gasteiger partial charge < -0.3 is 81.3 Å². The van der Waals surface area contributed by atoms with Crippen LogP contribution in [0.2, 0.25) is 0 Å². The maximum Gasteiger partial charge on any atom is 0.308 e. The Labute approximate surface area is 469 Å². The van der Waals surface area contributed by atoms with Crippen molar-refractivity contribution in [1.82, 2.24) is 0 Å². The molecule has 19 nitrogen and oxygen atoms in total. The second-order valence-corrected chi connectivity index (χ2v) is 27.7. The van der Waals surface area contributed by atoms with Crippen LogP contribution in [-0.2, 0) is 80.6 Å². The Morgan fingerprint density at radius 3 is 2.05 bits per heavy atom. The van der Waals surface area contributed by atoms with Gasteiger partial charge in [-0.15, -0.1) is 0 Å². The molecule has 80 heavy (non-hydrogen) atoms. The Hall–Kier alpha value is -2.02. The van der Waals surface area contributed by atoms with Gasteiger partial charge in [0.05, 0.1) is 116 Å². The highest BCUT2D eigenvalue weighted by Gasteiger charge is 2.70. The maximum atomic E-state index is 14.6. The van der Waals surface area contributed by atoms with Gasteiger partial charge in [0.25, 0.3) is 0 Å². The normalized spacial score (nSPS) is 56.9. The molecule has 2 N–H and O–H groups in total. The summed E-state index contributed by atoms with van der Waals surface area (Å²) in [5, 5.41) is 20.4. The molecule has 12 bridgehead atoms. The molecule has 0 saturated carbocycles. The molecule has 16 aliphatic heterocycles. The Morgan fingerprint density at radius 1 is 0.525 bits per heavy atom. The number of esters is 1. The van der Waals surface area contributed by atoms with E-state index in [1.807, 2.05) is 0 Å². The third-order valence-corrected chi connectivity index (χ3v) is 22.0. The molecule has 0 aromatic heterocycles. The van der Waals surface area contributed by atoms with E-state index in [9.17, 15) is 19.8 Å². The molecule has 16 saturated heterocycles. The van der Waals surface area contributed by atoms with Crippen molar-refractivity contribution < 1.29 is 90.9 Å². The Balaban J connectivity index is 0.652. The van der Waals surface area contributed by atoms with Gasteiger partial charge in [0.1, 0.15) is 42.4 Å². The molecule has 16 rings (SSSR count). The summed E-state index contributed by atoms with van der Waals surface area (Å²) < 4.78 is 104. The molecule has 0 amide bonds. The number of rotatable bonds is 4.